The Morgan fingerprint density at radius 3 is 1.21 bits per heavy atom. The molecule has 0 aliphatic heterocycles. The molecule has 0 aromatic carbocycles. The highest BCUT2D eigenvalue weighted by atomic mass is 35.5. The lowest BCUT2D eigenvalue weighted by Gasteiger charge is -2.29. The highest BCUT2D eigenvalue weighted by Crippen LogP contribution is 2.40. The normalized spacial score (nSPS) is 19.4. The molecular weight excluding hydrogens is 286 g/mol. The average Bonchev–Trinajstić information content (AvgIpc) is 2.14. The Labute approximate surface area is 97.5 Å². The van der Waals surface area contributed by atoms with Crippen LogP contribution < -0.4 is 0 Å². The van der Waals surface area contributed by atoms with Gasteiger partial charge in [0.2, 0.25) is 0 Å². The van der Waals surface area contributed by atoms with E-state index >= 15 is 0 Å². The molecule has 2 atom stereocenters. The monoisotopic (exact) mass is 286 g/mol. The lowest BCUT2D eigenvalue weighted by atomic mass is 10.2. The zero-order valence-electron chi connectivity index (χ0n) is 6.04. The topological polar surface area (TPSA) is 93.1 Å². The molecule has 0 saturated heterocycles. The van der Waals surface area contributed by atoms with E-state index in [1.54, 1.807) is 0 Å². The maximum Gasteiger partial charge on any atom is 0.359 e. The fourth-order valence-corrected chi connectivity index (χ4v) is 1.11. The third-order valence-corrected chi connectivity index (χ3v) is 2.90. The number of hydrogen-bond donors (Lipinski definition) is 2. The van der Waals surface area contributed by atoms with Crippen LogP contribution in [-0.2, 0) is 18.2 Å². The highest BCUT2D eigenvalue weighted by Gasteiger charge is 2.65. The second-order valence-electron chi connectivity index (χ2n) is 1.96. The Morgan fingerprint density at radius 1 is 0.929 bits per heavy atom. The summed E-state index contributed by atoms with van der Waals surface area (Å²) in [6, 6.07) is 0. The summed E-state index contributed by atoms with van der Waals surface area (Å²) in [6.45, 7) is 0. The fourth-order valence-electron chi connectivity index (χ4n) is 0.440. The molecule has 2 unspecified atom stereocenters. The predicted molar refractivity (Wildman–Crippen MR) is 46.3 cm³/mol. The summed E-state index contributed by atoms with van der Waals surface area (Å²) in [7, 11) is 0. The Morgan fingerprint density at radius 2 is 1.14 bits per heavy atom. The van der Waals surface area contributed by atoms with Gasteiger partial charge < -0.3 is 10.2 Å². The van der Waals surface area contributed by atoms with Gasteiger partial charge in [-0.3, -0.25) is 0 Å². The SMILES string of the molecule is O=C(O)C(Cl)(OCl)C(Cl)(OCl)C(=O)O. The van der Waals surface area contributed by atoms with Crippen molar-refractivity contribution in [3.8, 4) is 0 Å². The van der Waals surface area contributed by atoms with Crippen molar-refractivity contribution in [3.05, 3.63) is 0 Å². The Kier molecular flexibility index (Phi) is 4.70. The molecule has 10 heteroatoms. The van der Waals surface area contributed by atoms with Gasteiger partial charge in [0, 0.05) is 0 Å². The van der Waals surface area contributed by atoms with Crippen molar-refractivity contribution >= 4 is 58.9 Å². The first-order valence-electron chi connectivity index (χ1n) is 2.70. The van der Waals surface area contributed by atoms with E-state index in [2.05, 4.69) is 8.58 Å². The van der Waals surface area contributed by atoms with Crippen LogP contribution in [-0.4, -0.2) is 32.3 Å². The number of carboxylic acids is 2. The van der Waals surface area contributed by atoms with Crippen molar-refractivity contribution in [1.82, 2.24) is 0 Å². The summed E-state index contributed by atoms with van der Waals surface area (Å²) in [5.41, 5.74) is 0. The molecule has 0 aliphatic carbocycles. The summed E-state index contributed by atoms with van der Waals surface area (Å²) >= 11 is 19.8. The minimum absolute atomic E-state index is 1.98. The second kappa shape index (κ2) is 4.69. The molecule has 14 heavy (non-hydrogen) atoms. The lowest BCUT2D eigenvalue weighted by molar-refractivity contribution is -0.170. The van der Waals surface area contributed by atoms with Crippen LogP contribution >= 0.6 is 46.9 Å². The van der Waals surface area contributed by atoms with E-state index < -0.39 is 22.1 Å². The van der Waals surface area contributed by atoms with Gasteiger partial charge in [-0.2, -0.15) is 0 Å². The first-order valence-corrected chi connectivity index (χ1v) is 4.07. The van der Waals surface area contributed by atoms with Gasteiger partial charge >= 0.3 is 22.1 Å². The van der Waals surface area contributed by atoms with Gasteiger partial charge in [-0.25, -0.2) is 18.2 Å². The molecule has 0 saturated carbocycles. The number of rotatable bonds is 5. The molecule has 82 valence electrons. The van der Waals surface area contributed by atoms with Crippen LogP contribution in [0.4, 0.5) is 0 Å². The van der Waals surface area contributed by atoms with Crippen molar-refractivity contribution in [1.29, 1.82) is 0 Å². The Balaban J connectivity index is 5.37. The average molecular weight is 288 g/mol. The van der Waals surface area contributed by atoms with Gasteiger partial charge in [0.25, 0.3) is 0 Å². The number of aliphatic carboxylic acids is 2. The first kappa shape index (κ1) is 14.0. The quantitative estimate of drug-likeness (QED) is 0.742. The maximum atomic E-state index is 10.5. The number of hydrogen-bond acceptors (Lipinski definition) is 4. The van der Waals surface area contributed by atoms with E-state index in [-0.39, 0.29) is 0 Å². The maximum absolute atomic E-state index is 10.5. The molecule has 0 rings (SSSR count). The number of carboxylic acid groups (broad SMARTS) is 2. The summed E-state index contributed by atoms with van der Waals surface area (Å²) < 4.78 is 7.46. The van der Waals surface area contributed by atoms with Gasteiger partial charge in [0.1, 0.15) is 0 Å². The fraction of sp³-hybridized carbons (Fsp3) is 0.500. The molecule has 0 aromatic rings. The standard InChI is InChI=1S/C4H2Cl4O6/c5-3(13-7,1(9)10)4(6,14-8)2(11)12/h(H,9,10)(H,11,12). The number of alkyl halides is 2. The van der Waals surface area contributed by atoms with E-state index in [9.17, 15) is 9.59 Å². The second-order valence-corrected chi connectivity index (χ2v) is 3.33. The summed E-state index contributed by atoms with van der Waals surface area (Å²) in [4.78, 5) is 21.1. The molecular formula is C4H2Cl4O6. The van der Waals surface area contributed by atoms with Gasteiger partial charge in [-0.05, 0) is 0 Å². The molecule has 0 bridgehead atoms. The smallest absolute Gasteiger partial charge is 0.359 e. The molecule has 0 aliphatic rings. The van der Waals surface area contributed by atoms with Crippen LogP contribution in [0.5, 0.6) is 0 Å². The third kappa shape index (κ3) is 2.00. The minimum atomic E-state index is -3.07. The Hall–Kier alpha value is 0.0200. The first-order chi connectivity index (χ1) is 6.26. The minimum Gasteiger partial charge on any atom is -0.478 e. The Bertz CT molecular complexity index is 232. The van der Waals surface area contributed by atoms with Crippen LogP contribution in [0.25, 0.3) is 0 Å². The van der Waals surface area contributed by atoms with E-state index in [0.29, 0.717) is 0 Å². The van der Waals surface area contributed by atoms with Crippen molar-refractivity contribution in [2.45, 2.75) is 10.1 Å². The molecule has 0 amide bonds. The molecule has 0 aromatic heterocycles. The largest absolute Gasteiger partial charge is 0.478 e. The van der Waals surface area contributed by atoms with E-state index in [1.807, 2.05) is 0 Å². The van der Waals surface area contributed by atoms with Gasteiger partial charge in [0.05, 0.1) is 23.7 Å². The summed E-state index contributed by atoms with van der Waals surface area (Å²) in [5, 5.41) is 10.9. The van der Waals surface area contributed by atoms with Gasteiger partial charge in [-0.1, -0.05) is 23.2 Å². The molecule has 2 N–H and O–H groups in total. The van der Waals surface area contributed by atoms with Gasteiger partial charge in [-0.15, -0.1) is 0 Å². The van der Waals surface area contributed by atoms with E-state index in [4.69, 9.17) is 57.1 Å². The molecule has 0 spiro atoms. The van der Waals surface area contributed by atoms with Gasteiger partial charge in [0.15, 0.2) is 0 Å². The van der Waals surface area contributed by atoms with Crippen LogP contribution in [0, 0.1) is 0 Å². The zero-order valence-corrected chi connectivity index (χ0v) is 9.06. The summed E-state index contributed by atoms with van der Waals surface area (Å²) in [5.74, 6) is -3.96. The number of carbonyl (C=O) groups is 2. The van der Waals surface area contributed by atoms with Crippen LogP contribution in [0.3, 0.4) is 0 Å². The molecule has 0 fully saturated rings. The van der Waals surface area contributed by atoms with Crippen LogP contribution in [0.2, 0.25) is 0 Å². The van der Waals surface area contributed by atoms with Crippen molar-refractivity contribution in [3.63, 3.8) is 0 Å². The highest BCUT2D eigenvalue weighted by molar-refractivity contribution is 6.47. The van der Waals surface area contributed by atoms with E-state index in [0.717, 1.165) is 0 Å². The third-order valence-electron chi connectivity index (χ3n) is 1.18. The van der Waals surface area contributed by atoms with Crippen molar-refractivity contribution in [2.75, 3.05) is 0 Å². The van der Waals surface area contributed by atoms with Crippen LogP contribution in [0.1, 0.15) is 0 Å². The summed E-state index contributed by atoms with van der Waals surface area (Å²) in [6.07, 6.45) is 0. The zero-order chi connectivity index (χ0) is 11.6. The molecule has 6 nitrogen and oxygen atoms in total. The lowest BCUT2D eigenvalue weighted by Crippen LogP contribution is -2.57. The predicted octanol–water partition coefficient (Wildman–Crippen LogP) is 1.37. The van der Waals surface area contributed by atoms with E-state index in [1.165, 1.54) is 0 Å². The molecule has 0 heterocycles. The molecule has 0 radical (unpaired) electrons. The van der Waals surface area contributed by atoms with Crippen molar-refractivity contribution < 1.29 is 28.4 Å². The van der Waals surface area contributed by atoms with Crippen molar-refractivity contribution in [2.24, 2.45) is 0 Å². The van der Waals surface area contributed by atoms with Crippen LogP contribution in [0.15, 0.2) is 0 Å². The number of halogens is 4.